The summed E-state index contributed by atoms with van der Waals surface area (Å²) >= 11 is 0. The standard InChI is InChI=1S/C15H17BN2O4.C6H12BNO4.C4H9O.K/c1-16(21)18-9-11(8-13(18)15(19)20)22-14-7-6-10-4-2-3-5-12(10)17-14;1-7(12)8-3-4(9)2-5(8)6(10)11;1-4(2,3)5;/h2-7,11,13,21H,8-9H2,1H3,(H,19,20);4-5,9,12H,2-3H2,1H3,(H,10,11);1-3H3;/q;;-1;+1/t11-,13+;4-,5+;;/m11../s1. The number of aliphatic hydroxyl groups excluding tert-OH is 1. The van der Waals surface area contributed by atoms with Crippen LogP contribution in [0.4, 0.5) is 0 Å². The van der Waals surface area contributed by atoms with E-state index in [0.29, 0.717) is 18.8 Å². The first-order valence-electron chi connectivity index (χ1n) is 12.8. The van der Waals surface area contributed by atoms with E-state index in [1.54, 1.807) is 33.7 Å². The number of para-hydroxylation sites is 1. The van der Waals surface area contributed by atoms with Crippen LogP contribution in [0.1, 0.15) is 33.6 Å². The van der Waals surface area contributed by atoms with Crippen LogP contribution >= 0.6 is 0 Å². The van der Waals surface area contributed by atoms with Gasteiger partial charge < -0.3 is 44.8 Å². The van der Waals surface area contributed by atoms with Gasteiger partial charge in [-0.2, -0.15) is 0 Å². The van der Waals surface area contributed by atoms with E-state index in [0.717, 1.165) is 10.9 Å². The minimum atomic E-state index is -0.993. The summed E-state index contributed by atoms with van der Waals surface area (Å²) in [6.45, 7) is 8.55. The molecule has 2 saturated heterocycles. The van der Waals surface area contributed by atoms with Gasteiger partial charge in [0.2, 0.25) is 5.88 Å². The number of aliphatic hydroxyl groups is 1. The largest absolute Gasteiger partial charge is 1.00 e. The number of pyridine rings is 1. The van der Waals surface area contributed by atoms with Crippen LogP contribution in [-0.2, 0) is 9.59 Å². The van der Waals surface area contributed by atoms with Crippen LogP contribution in [0.25, 0.3) is 10.9 Å². The number of carbonyl (C=O) groups is 2. The number of nitrogens with zero attached hydrogens (tertiary/aromatic N) is 3. The second kappa shape index (κ2) is 16.5. The first kappa shape index (κ1) is 36.9. The summed E-state index contributed by atoms with van der Waals surface area (Å²) in [5.41, 5.74) is 0.0835. The molecule has 0 bridgehead atoms. The predicted octanol–water partition coefficient (Wildman–Crippen LogP) is -2.98. The summed E-state index contributed by atoms with van der Waals surface area (Å²) in [6, 6.07) is 9.95. The van der Waals surface area contributed by atoms with Crippen molar-refractivity contribution in [3.63, 3.8) is 0 Å². The molecule has 0 amide bonds. The minimum Gasteiger partial charge on any atom is -0.850 e. The number of carboxylic acids is 2. The molecule has 4 rings (SSSR count). The van der Waals surface area contributed by atoms with Crippen LogP contribution in [0.15, 0.2) is 36.4 Å². The smallest absolute Gasteiger partial charge is 0.850 e. The Kier molecular flexibility index (Phi) is 15.2. The Morgan fingerprint density at radius 2 is 1.45 bits per heavy atom. The molecule has 0 unspecified atom stereocenters. The molecule has 2 aliphatic heterocycles. The van der Waals surface area contributed by atoms with Gasteiger partial charge in [0.1, 0.15) is 18.2 Å². The van der Waals surface area contributed by atoms with E-state index >= 15 is 0 Å². The quantitative estimate of drug-likeness (QED) is 0.217. The van der Waals surface area contributed by atoms with E-state index in [1.807, 2.05) is 30.3 Å². The Morgan fingerprint density at radius 1 is 0.950 bits per heavy atom. The molecule has 0 radical (unpaired) electrons. The molecule has 0 aliphatic carbocycles. The number of fused-ring (bicyclic) bond motifs is 1. The fourth-order valence-corrected chi connectivity index (χ4v) is 4.34. The minimum absolute atomic E-state index is 0. The molecule has 0 saturated carbocycles. The topological polar surface area (TPSA) is 187 Å². The summed E-state index contributed by atoms with van der Waals surface area (Å²) in [5, 5.41) is 57.0. The Morgan fingerprint density at radius 3 is 1.93 bits per heavy atom. The number of benzene rings is 1. The van der Waals surface area contributed by atoms with Crippen LogP contribution < -0.4 is 61.2 Å². The molecule has 2 aliphatic rings. The number of ether oxygens (including phenoxy) is 1. The van der Waals surface area contributed by atoms with E-state index in [2.05, 4.69) is 4.98 Å². The van der Waals surface area contributed by atoms with Crippen LogP contribution in [0.2, 0.25) is 13.6 Å². The molecular weight excluding hydrogens is 547 g/mol. The van der Waals surface area contributed by atoms with Crippen molar-refractivity contribution in [2.45, 2.75) is 77.2 Å². The molecule has 5 N–H and O–H groups in total. The van der Waals surface area contributed by atoms with Gasteiger partial charge in [-0.15, -0.1) is 5.60 Å². The number of aromatic nitrogens is 1. The van der Waals surface area contributed by atoms with E-state index in [9.17, 15) is 24.8 Å². The number of rotatable bonds is 6. The molecule has 214 valence electrons. The van der Waals surface area contributed by atoms with Crippen LogP contribution in [-0.4, -0.2) is 109 Å². The first-order valence-corrected chi connectivity index (χ1v) is 12.8. The van der Waals surface area contributed by atoms with Crippen molar-refractivity contribution in [2.24, 2.45) is 0 Å². The Balaban J connectivity index is 0.000000375. The van der Waals surface area contributed by atoms with Gasteiger partial charge in [0.05, 0.1) is 11.6 Å². The van der Waals surface area contributed by atoms with Gasteiger partial charge in [-0.3, -0.25) is 9.59 Å². The first-order chi connectivity index (χ1) is 18.1. The number of β-amino-alcohol motifs (C(OH)–C–C–N with tert-alkyl or cyclic N) is 1. The maximum Gasteiger partial charge on any atom is 1.00 e. The molecule has 1 aromatic heterocycles. The van der Waals surface area contributed by atoms with Crippen molar-refractivity contribution in [2.75, 3.05) is 13.1 Å². The average Bonchev–Trinajstić information content (AvgIpc) is 3.43. The SMILES string of the molecule is CB(O)N1C[C@H](O)C[C@H]1C(=O)O.CB(O)N1C[C@H](Oc2ccc3ccccc3n2)C[C@H]1C(=O)O.CC(C)(C)[O-].[K+]. The third-order valence-corrected chi connectivity index (χ3v) is 6.01. The summed E-state index contributed by atoms with van der Waals surface area (Å²) in [7, 11) is -1.64. The normalized spacial score (nSPS) is 22.7. The Bertz CT molecular complexity index is 1100. The van der Waals surface area contributed by atoms with E-state index in [1.165, 1.54) is 16.4 Å². The van der Waals surface area contributed by atoms with Gasteiger partial charge in [0.15, 0.2) is 0 Å². The van der Waals surface area contributed by atoms with Gasteiger partial charge in [0, 0.05) is 31.0 Å². The van der Waals surface area contributed by atoms with Crippen molar-refractivity contribution in [1.82, 2.24) is 14.6 Å². The van der Waals surface area contributed by atoms with Crippen LogP contribution in [0.5, 0.6) is 5.88 Å². The van der Waals surface area contributed by atoms with Gasteiger partial charge in [0.25, 0.3) is 0 Å². The second-order valence-electron chi connectivity index (χ2n) is 10.7. The molecule has 3 heterocycles. The molecule has 2 fully saturated rings. The molecule has 40 heavy (non-hydrogen) atoms. The molecule has 1 aromatic carbocycles. The Labute approximate surface area is 278 Å². The van der Waals surface area contributed by atoms with Crippen molar-refractivity contribution in [3.05, 3.63) is 36.4 Å². The third-order valence-electron chi connectivity index (χ3n) is 6.01. The summed E-state index contributed by atoms with van der Waals surface area (Å²) < 4.78 is 5.82. The molecule has 4 atom stereocenters. The molecule has 2 aromatic rings. The fourth-order valence-electron chi connectivity index (χ4n) is 4.34. The number of hydrogen-bond donors (Lipinski definition) is 5. The van der Waals surface area contributed by atoms with E-state index in [-0.39, 0.29) is 70.5 Å². The monoisotopic (exact) mass is 585 g/mol. The molecule has 15 heteroatoms. The van der Waals surface area contributed by atoms with Crippen molar-refractivity contribution >= 4 is 36.9 Å². The zero-order chi connectivity index (χ0) is 29.5. The number of hydrogen-bond acceptors (Lipinski definition) is 10. The van der Waals surface area contributed by atoms with Crippen molar-refractivity contribution in [1.29, 1.82) is 0 Å². The van der Waals surface area contributed by atoms with E-state index in [4.69, 9.17) is 20.0 Å². The summed E-state index contributed by atoms with van der Waals surface area (Å²) in [4.78, 5) is 29.2. The number of carboxylic acid groups (broad SMARTS) is 2. The maximum absolute atomic E-state index is 11.3. The van der Waals surface area contributed by atoms with Crippen molar-refractivity contribution < 1.29 is 96.2 Å². The summed E-state index contributed by atoms with van der Waals surface area (Å²) in [6.07, 6.45) is -0.417. The zero-order valence-electron chi connectivity index (χ0n) is 24.0. The van der Waals surface area contributed by atoms with Gasteiger partial charge in [-0.1, -0.05) is 39.0 Å². The number of aliphatic carboxylic acids is 2. The molecular formula is C25H38B2KN3O9. The van der Waals surface area contributed by atoms with Gasteiger partial charge in [-0.05, 0) is 32.2 Å². The van der Waals surface area contributed by atoms with Crippen LogP contribution in [0.3, 0.4) is 0 Å². The average molecular weight is 585 g/mol. The maximum atomic E-state index is 11.3. The summed E-state index contributed by atoms with van der Waals surface area (Å²) in [5.74, 6) is -1.47. The predicted molar refractivity (Wildman–Crippen MR) is 145 cm³/mol. The zero-order valence-corrected chi connectivity index (χ0v) is 27.1. The fraction of sp³-hybridized carbons (Fsp3) is 0.560. The molecule has 12 nitrogen and oxygen atoms in total. The van der Waals surface area contributed by atoms with Crippen molar-refractivity contribution in [3.8, 4) is 5.88 Å². The Hall–Kier alpha value is -1.10. The van der Waals surface area contributed by atoms with Gasteiger partial charge in [-0.25, -0.2) is 4.98 Å². The van der Waals surface area contributed by atoms with Crippen LogP contribution in [0, 0.1) is 0 Å². The molecule has 0 spiro atoms. The third kappa shape index (κ3) is 12.0. The van der Waals surface area contributed by atoms with E-state index < -0.39 is 49.8 Å². The second-order valence-corrected chi connectivity index (χ2v) is 10.7. The van der Waals surface area contributed by atoms with Gasteiger partial charge >= 0.3 is 77.4 Å².